The van der Waals surface area contributed by atoms with Gasteiger partial charge in [-0.05, 0) is 51.4 Å². The Morgan fingerprint density at radius 2 is 0.786 bits per heavy atom. The average molecular weight is 544 g/mol. The normalized spacial score (nSPS) is 12.0. The summed E-state index contributed by atoms with van der Waals surface area (Å²) < 4.78 is 0. The second-order valence-electron chi connectivity index (χ2n) is 11.0. The lowest BCUT2D eigenvalue weighted by molar-refractivity contribution is 0.511. The summed E-state index contributed by atoms with van der Waals surface area (Å²) in [7, 11) is 0. The quantitative estimate of drug-likeness (QED) is 0.155. The van der Waals surface area contributed by atoms with E-state index in [0.717, 1.165) is 13.1 Å². The van der Waals surface area contributed by atoms with Crippen LogP contribution in [0.1, 0.15) is 46.2 Å². The first-order valence-electron chi connectivity index (χ1n) is 14.8. The van der Waals surface area contributed by atoms with Gasteiger partial charge in [0, 0.05) is 18.8 Å². The number of benzene rings is 6. The molecule has 1 heteroatoms. The van der Waals surface area contributed by atoms with Gasteiger partial charge < -0.3 is 4.90 Å². The van der Waals surface area contributed by atoms with Crippen molar-refractivity contribution in [2.45, 2.75) is 31.3 Å². The SMILES string of the molecule is CC(c1ccccc1)C(c1ccccc1)(c1ccccc1)c1ccc(N(Cc2ccccc2)Cc2ccccc2)cc1. The molecule has 42 heavy (non-hydrogen) atoms. The van der Waals surface area contributed by atoms with Crippen LogP contribution in [0.3, 0.4) is 0 Å². The first-order chi connectivity index (χ1) is 20.7. The molecule has 0 amide bonds. The van der Waals surface area contributed by atoms with E-state index >= 15 is 0 Å². The zero-order valence-corrected chi connectivity index (χ0v) is 24.2. The third-order valence-corrected chi connectivity index (χ3v) is 8.53. The molecule has 0 saturated heterocycles. The number of anilines is 1. The van der Waals surface area contributed by atoms with Crippen LogP contribution in [0.25, 0.3) is 0 Å². The minimum atomic E-state index is -0.369. The van der Waals surface area contributed by atoms with Crippen molar-refractivity contribution in [3.8, 4) is 0 Å². The van der Waals surface area contributed by atoms with Gasteiger partial charge in [0.1, 0.15) is 0 Å². The van der Waals surface area contributed by atoms with Gasteiger partial charge >= 0.3 is 0 Å². The molecular weight excluding hydrogens is 506 g/mol. The molecule has 6 aromatic carbocycles. The van der Waals surface area contributed by atoms with Gasteiger partial charge in [-0.2, -0.15) is 0 Å². The molecule has 0 saturated carbocycles. The number of hydrogen-bond donors (Lipinski definition) is 0. The van der Waals surface area contributed by atoms with Crippen LogP contribution in [-0.2, 0) is 18.5 Å². The van der Waals surface area contributed by atoms with Crippen molar-refractivity contribution in [2.75, 3.05) is 4.90 Å². The zero-order valence-electron chi connectivity index (χ0n) is 24.2. The van der Waals surface area contributed by atoms with Crippen LogP contribution < -0.4 is 4.90 Å². The molecule has 0 aliphatic heterocycles. The average Bonchev–Trinajstić information content (AvgIpc) is 3.07. The van der Waals surface area contributed by atoms with E-state index in [1.54, 1.807) is 0 Å². The summed E-state index contributed by atoms with van der Waals surface area (Å²) in [5.41, 5.74) is 8.66. The van der Waals surface area contributed by atoms with E-state index in [1.165, 1.54) is 39.1 Å². The Labute approximate surface area is 250 Å². The van der Waals surface area contributed by atoms with Crippen LogP contribution >= 0.6 is 0 Å². The fourth-order valence-electron chi connectivity index (χ4n) is 6.43. The molecular formula is C41H37N. The molecule has 0 bridgehead atoms. The molecule has 0 heterocycles. The summed E-state index contributed by atoms with van der Waals surface area (Å²) in [6.07, 6.45) is 0. The Bertz CT molecular complexity index is 1560. The third-order valence-electron chi connectivity index (χ3n) is 8.53. The maximum atomic E-state index is 2.47. The smallest absolute Gasteiger partial charge is 0.0516 e. The molecule has 1 nitrogen and oxygen atoms in total. The van der Waals surface area contributed by atoms with Crippen molar-refractivity contribution < 1.29 is 0 Å². The lowest BCUT2D eigenvalue weighted by Gasteiger charge is -2.42. The van der Waals surface area contributed by atoms with Crippen molar-refractivity contribution in [1.82, 2.24) is 0 Å². The Morgan fingerprint density at radius 3 is 1.21 bits per heavy atom. The lowest BCUT2D eigenvalue weighted by atomic mass is 9.60. The van der Waals surface area contributed by atoms with Crippen LogP contribution in [-0.4, -0.2) is 0 Å². The van der Waals surface area contributed by atoms with Crippen molar-refractivity contribution in [3.05, 3.63) is 209 Å². The van der Waals surface area contributed by atoms with Gasteiger partial charge in [0.25, 0.3) is 0 Å². The maximum Gasteiger partial charge on any atom is 0.0516 e. The highest BCUT2D eigenvalue weighted by molar-refractivity contribution is 5.58. The van der Waals surface area contributed by atoms with E-state index in [-0.39, 0.29) is 11.3 Å². The molecule has 0 radical (unpaired) electrons. The van der Waals surface area contributed by atoms with Crippen LogP contribution in [0.15, 0.2) is 176 Å². The van der Waals surface area contributed by atoms with E-state index in [2.05, 4.69) is 188 Å². The molecule has 0 fully saturated rings. The van der Waals surface area contributed by atoms with Crippen molar-refractivity contribution >= 4 is 5.69 Å². The van der Waals surface area contributed by atoms with Gasteiger partial charge in [-0.3, -0.25) is 0 Å². The monoisotopic (exact) mass is 543 g/mol. The van der Waals surface area contributed by atoms with Crippen LogP contribution in [0.4, 0.5) is 5.69 Å². The van der Waals surface area contributed by atoms with Crippen molar-refractivity contribution in [3.63, 3.8) is 0 Å². The van der Waals surface area contributed by atoms with Gasteiger partial charge in [-0.25, -0.2) is 0 Å². The van der Waals surface area contributed by atoms with Gasteiger partial charge in [-0.15, -0.1) is 0 Å². The summed E-state index contributed by atoms with van der Waals surface area (Å²) in [4.78, 5) is 2.47. The summed E-state index contributed by atoms with van der Waals surface area (Å²) in [6, 6.07) is 63.9. The van der Waals surface area contributed by atoms with E-state index in [1.807, 2.05) is 0 Å². The minimum Gasteiger partial charge on any atom is -0.363 e. The molecule has 0 aliphatic carbocycles. The van der Waals surface area contributed by atoms with E-state index in [4.69, 9.17) is 0 Å². The molecule has 6 aromatic rings. The first kappa shape index (κ1) is 27.3. The number of nitrogens with zero attached hydrogens (tertiary/aromatic N) is 1. The van der Waals surface area contributed by atoms with E-state index < -0.39 is 0 Å². The molecule has 0 N–H and O–H groups in total. The second kappa shape index (κ2) is 12.7. The predicted molar refractivity (Wildman–Crippen MR) is 177 cm³/mol. The second-order valence-corrected chi connectivity index (χ2v) is 11.0. The van der Waals surface area contributed by atoms with Crippen LogP contribution in [0.5, 0.6) is 0 Å². The van der Waals surface area contributed by atoms with E-state index in [9.17, 15) is 0 Å². The fourth-order valence-corrected chi connectivity index (χ4v) is 6.43. The van der Waals surface area contributed by atoms with Gasteiger partial charge in [0.05, 0.1) is 5.41 Å². The highest BCUT2D eigenvalue weighted by atomic mass is 15.1. The predicted octanol–water partition coefficient (Wildman–Crippen LogP) is 10.0. The van der Waals surface area contributed by atoms with Crippen LogP contribution in [0, 0.1) is 0 Å². The fraction of sp³-hybridized carbons (Fsp3) is 0.122. The highest BCUT2D eigenvalue weighted by Crippen LogP contribution is 2.49. The molecule has 1 atom stereocenters. The number of hydrogen-bond acceptors (Lipinski definition) is 1. The first-order valence-corrected chi connectivity index (χ1v) is 14.8. The number of rotatable bonds is 10. The Balaban J connectivity index is 1.48. The highest BCUT2D eigenvalue weighted by Gasteiger charge is 2.42. The Kier molecular flexibility index (Phi) is 8.28. The molecule has 0 spiro atoms. The molecule has 6 rings (SSSR count). The molecule has 206 valence electrons. The topological polar surface area (TPSA) is 3.24 Å². The van der Waals surface area contributed by atoms with Crippen LogP contribution in [0.2, 0.25) is 0 Å². The Hall–Kier alpha value is -4.88. The van der Waals surface area contributed by atoms with Crippen molar-refractivity contribution in [1.29, 1.82) is 0 Å². The van der Waals surface area contributed by atoms with E-state index in [0.29, 0.717) is 0 Å². The summed E-state index contributed by atoms with van der Waals surface area (Å²) in [5, 5.41) is 0. The summed E-state index contributed by atoms with van der Waals surface area (Å²) in [6.45, 7) is 4.07. The maximum absolute atomic E-state index is 2.47. The van der Waals surface area contributed by atoms with Gasteiger partial charge in [0.2, 0.25) is 0 Å². The third kappa shape index (κ3) is 5.64. The molecule has 0 aromatic heterocycles. The lowest BCUT2D eigenvalue weighted by Crippen LogP contribution is -2.35. The molecule has 0 aliphatic rings. The zero-order chi connectivity index (χ0) is 28.6. The Morgan fingerprint density at radius 1 is 0.429 bits per heavy atom. The van der Waals surface area contributed by atoms with Gasteiger partial charge in [0.15, 0.2) is 0 Å². The van der Waals surface area contributed by atoms with Gasteiger partial charge in [-0.1, -0.05) is 171 Å². The summed E-state index contributed by atoms with van der Waals surface area (Å²) in [5.74, 6) is 0.194. The molecule has 1 unspecified atom stereocenters. The summed E-state index contributed by atoms with van der Waals surface area (Å²) >= 11 is 0. The van der Waals surface area contributed by atoms with Crippen molar-refractivity contribution in [2.24, 2.45) is 0 Å². The minimum absolute atomic E-state index is 0.194. The standard InChI is InChI=1S/C41H37N/c1-33(36-21-11-4-12-22-36)41(37-23-13-5-14-24-37,38-25-15-6-16-26-38)39-27-29-40(30-28-39)42(31-34-17-7-2-8-18-34)32-35-19-9-3-10-20-35/h2-30,33H,31-32H2,1H3. The largest absolute Gasteiger partial charge is 0.363 e.